The molecule has 1 N–H and O–H groups in total. The summed E-state index contributed by atoms with van der Waals surface area (Å²) in [5.41, 5.74) is 2.12. The lowest BCUT2D eigenvalue weighted by molar-refractivity contribution is -0.00179. The maximum Gasteiger partial charge on any atom is 0.273 e. The third-order valence-electron chi connectivity index (χ3n) is 3.84. The zero-order valence-electron chi connectivity index (χ0n) is 13.3. The van der Waals surface area contributed by atoms with Crippen LogP contribution >= 0.6 is 0 Å². The Morgan fingerprint density at radius 1 is 1.43 bits per heavy atom. The highest BCUT2D eigenvalue weighted by Crippen LogP contribution is 2.28. The van der Waals surface area contributed by atoms with E-state index < -0.39 is 0 Å². The molecule has 0 bridgehead atoms. The van der Waals surface area contributed by atoms with Gasteiger partial charge in [0.1, 0.15) is 11.9 Å². The van der Waals surface area contributed by atoms with Crippen LogP contribution in [0.4, 0.5) is 0 Å². The Morgan fingerprint density at radius 2 is 2.22 bits per heavy atom. The zero-order chi connectivity index (χ0) is 16.2. The minimum absolute atomic E-state index is 0.110. The Kier molecular flexibility index (Phi) is 4.57. The number of hydrogen-bond acceptors (Lipinski definition) is 5. The van der Waals surface area contributed by atoms with Gasteiger partial charge >= 0.3 is 0 Å². The lowest BCUT2D eigenvalue weighted by atomic mass is 10.1. The normalized spacial score (nSPS) is 16.7. The molecule has 0 unspecified atom stereocenters. The van der Waals surface area contributed by atoms with Crippen LogP contribution in [0, 0.1) is 0 Å². The molecule has 1 aromatic heterocycles. The summed E-state index contributed by atoms with van der Waals surface area (Å²) in [5.74, 6) is 0.612. The van der Waals surface area contributed by atoms with Crippen molar-refractivity contribution in [2.24, 2.45) is 0 Å². The van der Waals surface area contributed by atoms with Gasteiger partial charge in [0.15, 0.2) is 5.69 Å². The van der Waals surface area contributed by atoms with Gasteiger partial charge in [-0.1, -0.05) is 24.3 Å². The Balaban J connectivity index is 1.74. The van der Waals surface area contributed by atoms with E-state index in [1.54, 1.807) is 11.8 Å². The van der Waals surface area contributed by atoms with E-state index in [1.165, 1.54) is 0 Å². The van der Waals surface area contributed by atoms with Crippen LogP contribution in [0.15, 0.2) is 24.3 Å². The molecule has 1 atom stereocenters. The number of carbonyl (C=O) groups is 1. The van der Waals surface area contributed by atoms with Gasteiger partial charge in [-0.25, -0.2) is 4.68 Å². The number of aromatic nitrogens is 3. The average molecular weight is 316 g/mol. The molecule has 0 aliphatic carbocycles. The van der Waals surface area contributed by atoms with Gasteiger partial charge in [-0.2, -0.15) is 0 Å². The van der Waals surface area contributed by atoms with Gasteiger partial charge in [0.05, 0.1) is 26.0 Å². The molecular formula is C16H20N4O3. The van der Waals surface area contributed by atoms with E-state index in [-0.39, 0.29) is 12.0 Å². The molecule has 3 rings (SSSR count). The first-order valence-electron chi connectivity index (χ1n) is 7.69. The topological polar surface area (TPSA) is 78.3 Å². The molecule has 2 heterocycles. The first-order valence-corrected chi connectivity index (χ1v) is 7.69. The molecule has 0 spiro atoms. The number of carbonyl (C=O) groups excluding carboxylic acids is 1. The lowest BCUT2D eigenvalue weighted by Gasteiger charge is -2.24. The number of hydrogen-bond donors (Lipinski definition) is 1. The average Bonchev–Trinajstić information content (AvgIpc) is 3.03. The molecule has 7 heteroatoms. The van der Waals surface area contributed by atoms with Gasteiger partial charge < -0.3 is 14.8 Å². The van der Waals surface area contributed by atoms with E-state index in [0.29, 0.717) is 25.4 Å². The van der Waals surface area contributed by atoms with Crippen molar-refractivity contribution in [3.05, 3.63) is 41.2 Å². The van der Waals surface area contributed by atoms with E-state index in [9.17, 15) is 4.79 Å². The Hall–Kier alpha value is -2.41. The van der Waals surface area contributed by atoms with Crippen molar-refractivity contribution in [1.82, 2.24) is 20.3 Å². The van der Waals surface area contributed by atoms with Gasteiger partial charge in [-0.05, 0) is 24.1 Å². The summed E-state index contributed by atoms with van der Waals surface area (Å²) in [6, 6.07) is 7.75. The standard InChI is InChI=1S/C16H20N4O3/c1-3-8-17-16(21)15-13-10-23-14(9-20(13)19-18-15)11-4-6-12(22-2)7-5-11/h4-7,14H,3,8-10H2,1-2H3,(H,17,21)/t14-/m0/s1. The van der Waals surface area contributed by atoms with Crippen molar-refractivity contribution in [3.8, 4) is 5.75 Å². The molecule has 23 heavy (non-hydrogen) atoms. The quantitative estimate of drug-likeness (QED) is 0.908. The first-order chi connectivity index (χ1) is 11.2. The number of rotatable bonds is 5. The molecule has 0 radical (unpaired) electrons. The van der Waals surface area contributed by atoms with Crippen LogP contribution in [0.25, 0.3) is 0 Å². The van der Waals surface area contributed by atoms with E-state index in [4.69, 9.17) is 9.47 Å². The number of nitrogens with one attached hydrogen (secondary N) is 1. The second kappa shape index (κ2) is 6.78. The molecule has 0 saturated heterocycles. The minimum atomic E-state index is -0.195. The van der Waals surface area contributed by atoms with Crippen LogP contribution in [-0.2, 0) is 17.9 Å². The fourth-order valence-corrected chi connectivity index (χ4v) is 2.53. The Labute approximate surface area is 134 Å². The van der Waals surface area contributed by atoms with Crippen LogP contribution in [0.5, 0.6) is 5.75 Å². The summed E-state index contributed by atoms with van der Waals surface area (Å²) in [5, 5.41) is 10.9. The van der Waals surface area contributed by atoms with Gasteiger partial charge in [-0.3, -0.25) is 4.79 Å². The summed E-state index contributed by atoms with van der Waals surface area (Å²) in [4.78, 5) is 12.1. The van der Waals surface area contributed by atoms with Crippen LogP contribution in [0.2, 0.25) is 0 Å². The summed E-state index contributed by atoms with van der Waals surface area (Å²) in [7, 11) is 1.64. The lowest BCUT2D eigenvalue weighted by Crippen LogP contribution is -2.28. The molecule has 0 fully saturated rings. The monoisotopic (exact) mass is 316 g/mol. The second-order valence-electron chi connectivity index (χ2n) is 5.40. The zero-order valence-corrected chi connectivity index (χ0v) is 13.3. The molecule has 122 valence electrons. The molecule has 2 aromatic rings. The number of amides is 1. The highest BCUT2D eigenvalue weighted by atomic mass is 16.5. The predicted molar refractivity (Wildman–Crippen MR) is 83.2 cm³/mol. The summed E-state index contributed by atoms with van der Waals surface area (Å²) >= 11 is 0. The number of nitrogens with zero attached hydrogens (tertiary/aromatic N) is 3. The van der Waals surface area contributed by atoms with E-state index >= 15 is 0 Å². The van der Waals surface area contributed by atoms with Crippen LogP contribution in [-0.4, -0.2) is 34.6 Å². The smallest absolute Gasteiger partial charge is 0.273 e. The highest BCUT2D eigenvalue weighted by molar-refractivity contribution is 5.93. The van der Waals surface area contributed by atoms with Crippen molar-refractivity contribution in [2.45, 2.75) is 32.6 Å². The molecule has 1 aromatic carbocycles. The van der Waals surface area contributed by atoms with Crippen LogP contribution < -0.4 is 10.1 Å². The van der Waals surface area contributed by atoms with Crippen molar-refractivity contribution in [2.75, 3.05) is 13.7 Å². The van der Waals surface area contributed by atoms with Gasteiger partial charge in [0.25, 0.3) is 5.91 Å². The SMILES string of the molecule is CCCNC(=O)c1nnn2c1CO[C@H](c1ccc(OC)cc1)C2. The number of methoxy groups -OCH3 is 1. The van der Waals surface area contributed by atoms with Crippen LogP contribution in [0.3, 0.4) is 0 Å². The number of benzene rings is 1. The van der Waals surface area contributed by atoms with Crippen molar-refractivity contribution < 1.29 is 14.3 Å². The molecule has 1 aliphatic rings. The fourth-order valence-electron chi connectivity index (χ4n) is 2.53. The highest BCUT2D eigenvalue weighted by Gasteiger charge is 2.27. The minimum Gasteiger partial charge on any atom is -0.497 e. The van der Waals surface area contributed by atoms with E-state index in [0.717, 1.165) is 23.4 Å². The Bertz CT molecular complexity index is 681. The largest absolute Gasteiger partial charge is 0.497 e. The molecule has 1 amide bonds. The molecule has 7 nitrogen and oxygen atoms in total. The number of fused-ring (bicyclic) bond motifs is 1. The summed E-state index contributed by atoms with van der Waals surface area (Å²) in [6.45, 7) is 3.48. The van der Waals surface area contributed by atoms with Gasteiger partial charge in [0, 0.05) is 6.54 Å². The third kappa shape index (κ3) is 3.19. The molecular weight excluding hydrogens is 296 g/mol. The molecule has 0 saturated carbocycles. The predicted octanol–water partition coefficient (Wildman–Crippen LogP) is 1.70. The van der Waals surface area contributed by atoms with Crippen molar-refractivity contribution in [1.29, 1.82) is 0 Å². The van der Waals surface area contributed by atoms with Gasteiger partial charge in [0.2, 0.25) is 0 Å². The van der Waals surface area contributed by atoms with Gasteiger partial charge in [-0.15, -0.1) is 5.10 Å². The second-order valence-corrected chi connectivity index (χ2v) is 5.40. The van der Waals surface area contributed by atoms with Crippen LogP contribution in [0.1, 0.15) is 41.2 Å². The van der Waals surface area contributed by atoms with E-state index in [1.807, 2.05) is 31.2 Å². The van der Waals surface area contributed by atoms with Crippen molar-refractivity contribution in [3.63, 3.8) is 0 Å². The van der Waals surface area contributed by atoms with E-state index in [2.05, 4.69) is 15.6 Å². The maximum atomic E-state index is 12.1. The molecule has 1 aliphatic heterocycles. The number of ether oxygens (including phenoxy) is 2. The van der Waals surface area contributed by atoms with Crippen molar-refractivity contribution >= 4 is 5.91 Å². The summed E-state index contributed by atoms with van der Waals surface area (Å²) in [6.07, 6.45) is 0.771. The summed E-state index contributed by atoms with van der Waals surface area (Å²) < 4.78 is 12.8. The third-order valence-corrected chi connectivity index (χ3v) is 3.84. The first kappa shape index (κ1) is 15.5. The fraction of sp³-hybridized carbons (Fsp3) is 0.438. The maximum absolute atomic E-state index is 12.1. The Morgan fingerprint density at radius 3 is 2.91 bits per heavy atom.